The molecule has 0 bridgehead atoms. The summed E-state index contributed by atoms with van der Waals surface area (Å²) in [6, 6.07) is 8.00. The van der Waals surface area contributed by atoms with Crippen LogP contribution in [0.1, 0.15) is 11.3 Å². The Hall–Kier alpha value is -1.26. The molecule has 0 saturated carbocycles. The molecule has 2 aromatic heterocycles. The van der Waals surface area contributed by atoms with Crippen LogP contribution in [0.25, 0.3) is 0 Å². The molecule has 4 heteroatoms. The average molecular weight is 278 g/mol. The second kappa shape index (κ2) is 5.72. The Bertz CT molecular complexity index is 428. The smallest absolute Gasteiger partial charge is 0.0542 e. The molecule has 0 spiro atoms. The summed E-state index contributed by atoms with van der Waals surface area (Å²) < 4.78 is 1.00. The summed E-state index contributed by atoms with van der Waals surface area (Å²) in [6.07, 6.45) is 5.41. The quantitative estimate of drug-likeness (QED) is 0.933. The third-order valence-corrected chi connectivity index (χ3v) is 2.64. The fourth-order valence-electron chi connectivity index (χ4n) is 1.35. The van der Waals surface area contributed by atoms with E-state index in [2.05, 4.69) is 31.2 Å². The second-order valence-electron chi connectivity index (χ2n) is 3.43. The van der Waals surface area contributed by atoms with Crippen LogP contribution in [0.2, 0.25) is 0 Å². The Morgan fingerprint density at radius 1 is 1.06 bits per heavy atom. The molecule has 0 atom stereocenters. The van der Waals surface area contributed by atoms with E-state index < -0.39 is 0 Å². The van der Waals surface area contributed by atoms with Crippen LogP contribution in [0, 0.1) is 0 Å². The summed E-state index contributed by atoms with van der Waals surface area (Å²) in [6.45, 7) is 1.61. The number of hydrogen-bond donors (Lipinski definition) is 1. The monoisotopic (exact) mass is 277 g/mol. The molecule has 3 nitrogen and oxygen atoms in total. The van der Waals surface area contributed by atoms with Crippen LogP contribution < -0.4 is 5.32 Å². The Kier molecular flexibility index (Phi) is 4.02. The van der Waals surface area contributed by atoms with Gasteiger partial charge in [0.2, 0.25) is 0 Å². The van der Waals surface area contributed by atoms with Gasteiger partial charge in [-0.05, 0) is 45.8 Å². The maximum Gasteiger partial charge on any atom is 0.0542 e. The normalized spacial score (nSPS) is 10.3. The van der Waals surface area contributed by atoms with E-state index in [0.717, 1.165) is 23.3 Å². The Labute approximate surface area is 103 Å². The molecule has 82 valence electrons. The third kappa shape index (κ3) is 3.40. The molecule has 0 amide bonds. The van der Waals surface area contributed by atoms with E-state index in [1.54, 1.807) is 12.4 Å². The number of aromatic nitrogens is 2. The van der Waals surface area contributed by atoms with Crippen LogP contribution in [0.15, 0.2) is 47.3 Å². The van der Waals surface area contributed by atoms with Crippen LogP contribution in [0.3, 0.4) is 0 Å². The molecule has 2 heterocycles. The van der Waals surface area contributed by atoms with Crippen molar-refractivity contribution in [1.82, 2.24) is 15.3 Å². The molecule has 0 fully saturated rings. The fraction of sp³-hybridized carbons (Fsp3) is 0.167. The minimum absolute atomic E-state index is 0.773. The largest absolute Gasteiger partial charge is 0.307 e. The average Bonchev–Trinajstić information content (AvgIpc) is 2.33. The first-order valence-electron chi connectivity index (χ1n) is 5.04. The Morgan fingerprint density at radius 2 is 1.88 bits per heavy atom. The molecule has 2 aromatic rings. The standard InChI is InChI=1S/C12H12BrN3/c13-11-1-2-12(16-8-11)9-15-7-10-3-5-14-6-4-10/h1-6,8,15H,7,9H2. The minimum atomic E-state index is 0.773. The van der Waals surface area contributed by atoms with Crippen LogP contribution in [-0.2, 0) is 13.1 Å². The Morgan fingerprint density at radius 3 is 2.56 bits per heavy atom. The zero-order valence-corrected chi connectivity index (χ0v) is 10.3. The second-order valence-corrected chi connectivity index (χ2v) is 4.34. The molecule has 0 saturated heterocycles. The van der Waals surface area contributed by atoms with E-state index in [1.807, 2.05) is 30.5 Å². The summed E-state index contributed by atoms with van der Waals surface area (Å²) in [4.78, 5) is 8.26. The molecule has 2 rings (SSSR count). The van der Waals surface area contributed by atoms with E-state index in [-0.39, 0.29) is 0 Å². The molecule has 16 heavy (non-hydrogen) atoms. The molecule has 1 N–H and O–H groups in total. The summed E-state index contributed by atoms with van der Waals surface area (Å²) in [5.41, 5.74) is 2.27. The minimum Gasteiger partial charge on any atom is -0.307 e. The van der Waals surface area contributed by atoms with Crippen molar-refractivity contribution in [2.75, 3.05) is 0 Å². The first-order chi connectivity index (χ1) is 7.84. The van der Waals surface area contributed by atoms with Crippen LogP contribution >= 0.6 is 15.9 Å². The van der Waals surface area contributed by atoms with Crippen LogP contribution in [0.4, 0.5) is 0 Å². The lowest BCUT2D eigenvalue weighted by Gasteiger charge is -2.04. The van der Waals surface area contributed by atoms with Gasteiger partial charge in [-0.3, -0.25) is 9.97 Å². The van der Waals surface area contributed by atoms with Crippen molar-refractivity contribution < 1.29 is 0 Å². The lowest BCUT2D eigenvalue weighted by atomic mass is 10.2. The summed E-state index contributed by atoms with van der Waals surface area (Å²) in [5.74, 6) is 0. The predicted molar refractivity (Wildman–Crippen MR) is 66.7 cm³/mol. The maximum atomic E-state index is 4.29. The molecule has 0 aromatic carbocycles. The van der Waals surface area contributed by atoms with E-state index >= 15 is 0 Å². The lowest BCUT2D eigenvalue weighted by molar-refractivity contribution is 0.679. The molecule has 0 aliphatic carbocycles. The zero-order valence-electron chi connectivity index (χ0n) is 8.73. The van der Waals surface area contributed by atoms with Gasteiger partial charge in [0.05, 0.1) is 5.69 Å². The van der Waals surface area contributed by atoms with Crippen molar-refractivity contribution >= 4 is 15.9 Å². The highest BCUT2D eigenvalue weighted by Gasteiger charge is 1.95. The molecular weight excluding hydrogens is 266 g/mol. The summed E-state index contributed by atoms with van der Waals surface area (Å²) >= 11 is 3.36. The van der Waals surface area contributed by atoms with Crippen molar-refractivity contribution in [2.45, 2.75) is 13.1 Å². The van der Waals surface area contributed by atoms with Crippen molar-refractivity contribution in [3.8, 4) is 0 Å². The van der Waals surface area contributed by atoms with Crippen molar-refractivity contribution in [1.29, 1.82) is 0 Å². The highest BCUT2D eigenvalue weighted by atomic mass is 79.9. The van der Waals surface area contributed by atoms with E-state index in [9.17, 15) is 0 Å². The van der Waals surface area contributed by atoms with Crippen LogP contribution in [-0.4, -0.2) is 9.97 Å². The summed E-state index contributed by atoms with van der Waals surface area (Å²) in [7, 11) is 0. The van der Waals surface area contributed by atoms with Gasteiger partial charge < -0.3 is 5.32 Å². The molecule has 0 radical (unpaired) electrons. The molecule has 0 aliphatic rings. The number of nitrogens with one attached hydrogen (secondary N) is 1. The van der Waals surface area contributed by atoms with Gasteiger partial charge in [-0.2, -0.15) is 0 Å². The molecule has 0 aliphatic heterocycles. The zero-order chi connectivity index (χ0) is 11.2. The number of pyridine rings is 2. The van der Waals surface area contributed by atoms with Crippen molar-refractivity contribution in [2.24, 2.45) is 0 Å². The number of rotatable bonds is 4. The van der Waals surface area contributed by atoms with Crippen LogP contribution in [0.5, 0.6) is 0 Å². The van der Waals surface area contributed by atoms with E-state index in [0.29, 0.717) is 0 Å². The van der Waals surface area contributed by atoms with Gasteiger partial charge in [0.25, 0.3) is 0 Å². The van der Waals surface area contributed by atoms with Gasteiger partial charge in [0.15, 0.2) is 0 Å². The lowest BCUT2D eigenvalue weighted by Crippen LogP contribution is -2.13. The topological polar surface area (TPSA) is 37.8 Å². The van der Waals surface area contributed by atoms with Gasteiger partial charge in [0, 0.05) is 36.2 Å². The van der Waals surface area contributed by atoms with Gasteiger partial charge >= 0.3 is 0 Å². The van der Waals surface area contributed by atoms with Gasteiger partial charge in [-0.25, -0.2) is 0 Å². The van der Waals surface area contributed by atoms with Gasteiger partial charge in [-0.1, -0.05) is 0 Å². The first kappa shape index (κ1) is 11.2. The number of nitrogens with zero attached hydrogens (tertiary/aromatic N) is 2. The van der Waals surface area contributed by atoms with Crippen molar-refractivity contribution in [3.63, 3.8) is 0 Å². The fourth-order valence-corrected chi connectivity index (χ4v) is 1.58. The first-order valence-corrected chi connectivity index (χ1v) is 5.84. The molecule has 0 unspecified atom stereocenters. The molecular formula is C12H12BrN3. The SMILES string of the molecule is Brc1ccc(CNCc2ccncc2)nc1. The highest BCUT2D eigenvalue weighted by molar-refractivity contribution is 9.10. The van der Waals surface area contributed by atoms with Crippen molar-refractivity contribution in [3.05, 3.63) is 58.6 Å². The number of halogens is 1. The number of hydrogen-bond acceptors (Lipinski definition) is 3. The third-order valence-electron chi connectivity index (χ3n) is 2.17. The van der Waals surface area contributed by atoms with E-state index in [1.165, 1.54) is 5.56 Å². The van der Waals surface area contributed by atoms with Gasteiger partial charge in [0.1, 0.15) is 0 Å². The van der Waals surface area contributed by atoms with Gasteiger partial charge in [-0.15, -0.1) is 0 Å². The van der Waals surface area contributed by atoms with E-state index in [4.69, 9.17) is 0 Å². The summed E-state index contributed by atoms with van der Waals surface area (Å²) in [5, 5.41) is 3.33. The highest BCUT2D eigenvalue weighted by Crippen LogP contribution is 2.07. The predicted octanol–water partition coefficient (Wildman–Crippen LogP) is 2.53. The Balaban J connectivity index is 1.82. The maximum absolute atomic E-state index is 4.29.